The van der Waals surface area contributed by atoms with E-state index in [9.17, 15) is 8.42 Å². The van der Waals surface area contributed by atoms with Crippen LogP contribution in [0, 0.1) is 0 Å². The lowest BCUT2D eigenvalue weighted by atomic mass is 10.1. The molecule has 2 aromatic carbocycles. The molecule has 0 unspecified atom stereocenters. The predicted octanol–water partition coefficient (Wildman–Crippen LogP) is 3.21. The zero-order valence-corrected chi connectivity index (χ0v) is 14.7. The number of halogens is 1. The molecular formula is C18H18ClNO3S. The number of aryl methyl sites for hydroxylation is 1. The van der Waals surface area contributed by atoms with E-state index in [4.69, 9.17) is 16.3 Å². The maximum atomic E-state index is 12.8. The minimum Gasteiger partial charge on any atom is -0.493 e. The maximum absolute atomic E-state index is 12.8. The third-order valence-electron chi connectivity index (χ3n) is 4.63. The van der Waals surface area contributed by atoms with Crippen LogP contribution in [0.1, 0.15) is 16.7 Å². The fourth-order valence-electron chi connectivity index (χ4n) is 3.38. The van der Waals surface area contributed by atoms with Gasteiger partial charge in [-0.2, -0.15) is 0 Å². The van der Waals surface area contributed by atoms with E-state index in [-0.39, 0.29) is 5.75 Å². The first-order valence-corrected chi connectivity index (χ1v) is 10.1. The van der Waals surface area contributed by atoms with Gasteiger partial charge in [0.1, 0.15) is 5.75 Å². The zero-order chi connectivity index (χ0) is 16.7. The van der Waals surface area contributed by atoms with Gasteiger partial charge in [0.15, 0.2) is 0 Å². The molecule has 0 spiro atoms. The van der Waals surface area contributed by atoms with Crippen molar-refractivity contribution in [1.29, 1.82) is 0 Å². The minimum absolute atomic E-state index is 0.106. The Hall–Kier alpha value is -1.72. The number of hydrogen-bond donors (Lipinski definition) is 0. The van der Waals surface area contributed by atoms with E-state index in [0.29, 0.717) is 31.0 Å². The second-order valence-electron chi connectivity index (χ2n) is 6.20. The van der Waals surface area contributed by atoms with Crippen LogP contribution < -0.4 is 9.04 Å². The highest BCUT2D eigenvalue weighted by molar-refractivity contribution is 7.92. The molecule has 4 nitrogen and oxygen atoms in total. The summed E-state index contributed by atoms with van der Waals surface area (Å²) in [5.41, 5.74) is 3.98. The van der Waals surface area contributed by atoms with Crippen molar-refractivity contribution in [3.05, 3.63) is 58.1 Å². The highest BCUT2D eigenvalue weighted by atomic mass is 35.5. The van der Waals surface area contributed by atoms with Gasteiger partial charge in [-0.15, -0.1) is 0 Å². The lowest BCUT2D eigenvalue weighted by molar-refractivity contribution is 0.357. The van der Waals surface area contributed by atoms with E-state index in [1.165, 1.54) is 9.87 Å². The molecule has 0 atom stereocenters. The van der Waals surface area contributed by atoms with Crippen LogP contribution in [0.5, 0.6) is 5.75 Å². The Kier molecular flexibility index (Phi) is 3.93. The summed E-state index contributed by atoms with van der Waals surface area (Å²) in [4.78, 5) is 0. The van der Waals surface area contributed by atoms with Crippen molar-refractivity contribution < 1.29 is 13.2 Å². The first kappa shape index (κ1) is 15.8. The first-order valence-electron chi connectivity index (χ1n) is 8.06. The van der Waals surface area contributed by atoms with E-state index in [2.05, 4.69) is 6.07 Å². The van der Waals surface area contributed by atoms with Crippen molar-refractivity contribution in [2.24, 2.45) is 0 Å². The molecule has 0 saturated heterocycles. The van der Waals surface area contributed by atoms with Crippen LogP contribution in [-0.4, -0.2) is 27.3 Å². The predicted molar refractivity (Wildman–Crippen MR) is 95.6 cm³/mol. The number of hydrogen-bond acceptors (Lipinski definition) is 3. The second kappa shape index (κ2) is 5.97. The molecule has 2 aliphatic heterocycles. The van der Waals surface area contributed by atoms with Gasteiger partial charge < -0.3 is 4.74 Å². The molecule has 2 aromatic rings. The summed E-state index contributed by atoms with van der Waals surface area (Å²) >= 11 is 5.99. The third kappa shape index (κ3) is 2.87. The fraction of sp³-hybridized carbons (Fsp3) is 0.333. The summed E-state index contributed by atoms with van der Waals surface area (Å²) < 4.78 is 32.5. The van der Waals surface area contributed by atoms with Crippen LogP contribution in [0.25, 0.3) is 0 Å². The van der Waals surface area contributed by atoms with E-state index >= 15 is 0 Å². The number of benzene rings is 2. The molecule has 2 aliphatic rings. The maximum Gasteiger partial charge on any atom is 0.235 e. The van der Waals surface area contributed by atoms with Crippen LogP contribution in [0.2, 0.25) is 5.02 Å². The normalized spacial score (nSPS) is 16.0. The highest BCUT2D eigenvalue weighted by Gasteiger charge is 2.29. The van der Waals surface area contributed by atoms with Crippen LogP contribution >= 0.6 is 11.6 Å². The molecule has 24 heavy (non-hydrogen) atoms. The number of ether oxygens (including phenoxy) is 1. The lowest BCUT2D eigenvalue weighted by Crippen LogP contribution is -2.32. The quantitative estimate of drug-likeness (QED) is 0.838. The summed E-state index contributed by atoms with van der Waals surface area (Å²) in [7, 11) is -3.34. The number of sulfonamides is 1. The van der Waals surface area contributed by atoms with Crippen molar-refractivity contribution in [2.45, 2.75) is 19.3 Å². The molecule has 0 amide bonds. The molecule has 0 N–H and O–H groups in total. The molecule has 6 heteroatoms. The number of rotatable bonds is 4. The van der Waals surface area contributed by atoms with Crippen molar-refractivity contribution in [1.82, 2.24) is 0 Å². The van der Waals surface area contributed by atoms with Gasteiger partial charge >= 0.3 is 0 Å². The Morgan fingerprint density at radius 2 is 1.96 bits per heavy atom. The lowest BCUT2D eigenvalue weighted by Gasteiger charge is -2.19. The third-order valence-corrected chi connectivity index (χ3v) is 6.64. The summed E-state index contributed by atoms with van der Waals surface area (Å²) in [5, 5.41) is 0.647. The highest BCUT2D eigenvalue weighted by Crippen LogP contribution is 2.33. The van der Waals surface area contributed by atoms with E-state index in [0.717, 1.165) is 29.0 Å². The van der Waals surface area contributed by atoms with Crippen LogP contribution in [-0.2, 0) is 29.3 Å². The number of anilines is 1. The van der Waals surface area contributed by atoms with Gasteiger partial charge in [0, 0.05) is 18.0 Å². The molecule has 0 aliphatic carbocycles. The van der Waals surface area contributed by atoms with Gasteiger partial charge in [0.25, 0.3) is 0 Å². The average molecular weight is 364 g/mol. The molecule has 0 saturated carbocycles. The first-order chi connectivity index (χ1) is 11.5. The summed E-state index contributed by atoms with van der Waals surface area (Å²) in [6.45, 7) is 1.21. The van der Waals surface area contributed by atoms with Gasteiger partial charge in [0.05, 0.1) is 18.0 Å². The molecule has 126 valence electrons. The molecule has 0 aromatic heterocycles. The Bertz CT molecular complexity index is 895. The number of nitrogens with zero attached hydrogens (tertiary/aromatic N) is 1. The van der Waals surface area contributed by atoms with Crippen molar-refractivity contribution in [3.63, 3.8) is 0 Å². The van der Waals surface area contributed by atoms with Gasteiger partial charge in [-0.25, -0.2) is 8.42 Å². The van der Waals surface area contributed by atoms with Gasteiger partial charge in [-0.1, -0.05) is 23.7 Å². The van der Waals surface area contributed by atoms with Crippen LogP contribution in [0.15, 0.2) is 36.4 Å². The topological polar surface area (TPSA) is 46.6 Å². The molecule has 4 rings (SSSR count). The van der Waals surface area contributed by atoms with Crippen LogP contribution in [0.3, 0.4) is 0 Å². The standard InChI is InChI=1S/C18H18ClNO3S/c19-16-2-3-17-14(12-16)5-8-20(17)24(21,22)10-7-13-1-4-18-15(11-13)6-9-23-18/h1-4,11-12H,5-10H2. The van der Waals surface area contributed by atoms with Crippen molar-refractivity contribution in [3.8, 4) is 5.75 Å². The van der Waals surface area contributed by atoms with Gasteiger partial charge in [-0.3, -0.25) is 4.31 Å². The smallest absolute Gasteiger partial charge is 0.235 e. The van der Waals surface area contributed by atoms with Gasteiger partial charge in [-0.05, 0) is 53.8 Å². The SMILES string of the molecule is O=S(=O)(CCc1ccc2c(c1)CCO2)N1CCc2cc(Cl)ccc21. The van der Waals surface area contributed by atoms with Gasteiger partial charge in [0.2, 0.25) is 10.0 Å². The largest absolute Gasteiger partial charge is 0.493 e. The summed E-state index contributed by atoms with van der Waals surface area (Å²) in [6, 6.07) is 11.4. The Balaban J connectivity index is 1.51. The Labute approximate surface area is 147 Å². The second-order valence-corrected chi connectivity index (χ2v) is 8.65. The molecule has 0 fully saturated rings. The van der Waals surface area contributed by atoms with E-state index in [1.54, 1.807) is 12.1 Å². The minimum atomic E-state index is -3.34. The molecule has 0 bridgehead atoms. The Morgan fingerprint density at radius 1 is 1.08 bits per heavy atom. The molecular weight excluding hydrogens is 346 g/mol. The number of fused-ring (bicyclic) bond motifs is 2. The molecule has 0 radical (unpaired) electrons. The average Bonchev–Trinajstić information content (AvgIpc) is 3.18. The monoisotopic (exact) mass is 363 g/mol. The summed E-state index contributed by atoms with van der Waals surface area (Å²) in [5.74, 6) is 1.03. The Morgan fingerprint density at radius 3 is 2.83 bits per heavy atom. The van der Waals surface area contributed by atoms with E-state index < -0.39 is 10.0 Å². The van der Waals surface area contributed by atoms with Crippen molar-refractivity contribution >= 4 is 27.3 Å². The van der Waals surface area contributed by atoms with Crippen LogP contribution in [0.4, 0.5) is 5.69 Å². The zero-order valence-electron chi connectivity index (χ0n) is 13.2. The van der Waals surface area contributed by atoms with E-state index in [1.807, 2.05) is 18.2 Å². The summed E-state index contributed by atoms with van der Waals surface area (Å²) in [6.07, 6.45) is 2.12. The fourth-order valence-corrected chi connectivity index (χ4v) is 5.14. The molecule has 2 heterocycles. The van der Waals surface area contributed by atoms with Crippen molar-refractivity contribution in [2.75, 3.05) is 23.2 Å².